The van der Waals surface area contributed by atoms with Gasteiger partial charge in [-0.1, -0.05) is 12.1 Å². The van der Waals surface area contributed by atoms with E-state index in [4.69, 9.17) is 14.6 Å². The van der Waals surface area contributed by atoms with E-state index in [1.165, 1.54) is 0 Å². The number of amides is 2. The van der Waals surface area contributed by atoms with Crippen molar-refractivity contribution in [1.82, 2.24) is 10.2 Å². The zero-order valence-electron chi connectivity index (χ0n) is 18.6. The van der Waals surface area contributed by atoms with E-state index >= 15 is 0 Å². The smallest absolute Gasteiger partial charge is 0.407 e. The summed E-state index contributed by atoms with van der Waals surface area (Å²) in [6, 6.07) is 8.20. The van der Waals surface area contributed by atoms with E-state index in [-0.39, 0.29) is 25.5 Å². The fraction of sp³-hybridized carbons (Fsp3) is 0.591. The highest BCUT2D eigenvalue weighted by molar-refractivity contribution is 5.76. The lowest BCUT2D eigenvalue weighted by atomic mass is 10.1. The van der Waals surface area contributed by atoms with Gasteiger partial charge in [0, 0.05) is 38.4 Å². The van der Waals surface area contributed by atoms with E-state index in [0.29, 0.717) is 26.1 Å². The van der Waals surface area contributed by atoms with E-state index in [2.05, 4.69) is 22.3 Å². The Bertz CT molecular complexity index is 737. The number of carbonyl (C=O) groups excluding carboxylic acids is 2. The van der Waals surface area contributed by atoms with Gasteiger partial charge in [-0.05, 0) is 44.9 Å². The summed E-state index contributed by atoms with van der Waals surface area (Å²) in [4.78, 5) is 38.3. The van der Waals surface area contributed by atoms with Crippen LogP contribution in [0.5, 0.6) is 0 Å². The number of nitrogens with zero attached hydrogens (tertiary/aromatic N) is 2. The SMILES string of the molecule is CC(C)(C)OC(=O)NCCc1ccc(N2CCN(C(=O)CCOCC(=O)O)CC2)cc1. The van der Waals surface area contributed by atoms with Crippen LogP contribution in [0.25, 0.3) is 0 Å². The topological polar surface area (TPSA) is 108 Å². The maximum Gasteiger partial charge on any atom is 0.407 e. The average Bonchev–Trinajstić information content (AvgIpc) is 2.70. The number of piperazine rings is 1. The van der Waals surface area contributed by atoms with Crippen molar-refractivity contribution in [3.8, 4) is 0 Å². The maximum atomic E-state index is 12.2. The molecule has 0 atom stereocenters. The molecule has 1 heterocycles. The lowest BCUT2D eigenvalue weighted by Crippen LogP contribution is -2.49. The zero-order valence-corrected chi connectivity index (χ0v) is 18.6. The molecule has 1 aromatic carbocycles. The Kier molecular flexibility index (Phi) is 9.11. The van der Waals surface area contributed by atoms with Gasteiger partial charge >= 0.3 is 12.1 Å². The molecule has 0 unspecified atom stereocenters. The first-order valence-electron chi connectivity index (χ1n) is 10.5. The molecular weight excluding hydrogens is 402 g/mol. The number of nitrogens with one attached hydrogen (secondary N) is 1. The summed E-state index contributed by atoms with van der Waals surface area (Å²) in [5.74, 6) is -1.05. The number of aliphatic carboxylic acids is 1. The predicted molar refractivity (Wildman–Crippen MR) is 116 cm³/mol. The number of carbonyl (C=O) groups is 3. The molecule has 0 saturated carbocycles. The van der Waals surface area contributed by atoms with Gasteiger partial charge in [-0.25, -0.2) is 9.59 Å². The Morgan fingerprint density at radius 2 is 1.71 bits per heavy atom. The molecule has 1 fully saturated rings. The van der Waals surface area contributed by atoms with Crippen LogP contribution in [-0.2, 0) is 25.5 Å². The minimum absolute atomic E-state index is 0.0159. The summed E-state index contributed by atoms with van der Waals surface area (Å²) in [6.45, 7) is 8.46. The van der Waals surface area contributed by atoms with Crippen molar-refractivity contribution in [2.45, 2.75) is 39.2 Å². The van der Waals surface area contributed by atoms with Crippen molar-refractivity contribution in [1.29, 1.82) is 0 Å². The molecule has 1 aliphatic heterocycles. The molecule has 1 aromatic rings. The molecule has 2 amide bonds. The average molecular weight is 436 g/mol. The molecule has 1 aliphatic rings. The lowest BCUT2D eigenvalue weighted by Gasteiger charge is -2.36. The van der Waals surface area contributed by atoms with Crippen LogP contribution < -0.4 is 10.2 Å². The van der Waals surface area contributed by atoms with Gasteiger partial charge in [0.25, 0.3) is 0 Å². The number of rotatable bonds is 9. The first-order chi connectivity index (χ1) is 14.6. The number of carboxylic acids is 1. The van der Waals surface area contributed by atoms with Crippen molar-refractivity contribution < 1.29 is 29.0 Å². The Morgan fingerprint density at radius 3 is 2.29 bits per heavy atom. The van der Waals surface area contributed by atoms with E-state index in [0.717, 1.165) is 24.3 Å². The monoisotopic (exact) mass is 435 g/mol. The third-order valence-corrected chi connectivity index (χ3v) is 4.70. The molecule has 9 heteroatoms. The summed E-state index contributed by atoms with van der Waals surface area (Å²) in [6.07, 6.45) is 0.496. The van der Waals surface area contributed by atoms with Crippen molar-refractivity contribution in [2.24, 2.45) is 0 Å². The number of hydrogen-bond donors (Lipinski definition) is 2. The highest BCUT2D eigenvalue weighted by Gasteiger charge is 2.21. The zero-order chi connectivity index (χ0) is 22.9. The summed E-state index contributed by atoms with van der Waals surface area (Å²) in [7, 11) is 0. The second-order valence-corrected chi connectivity index (χ2v) is 8.41. The molecular formula is C22H33N3O6. The largest absolute Gasteiger partial charge is 0.480 e. The van der Waals surface area contributed by atoms with Crippen molar-refractivity contribution in [3.63, 3.8) is 0 Å². The van der Waals surface area contributed by atoms with Gasteiger partial charge in [-0.2, -0.15) is 0 Å². The Labute approximate surface area is 183 Å². The standard InChI is InChI=1S/C22H33N3O6/c1-22(2,3)31-21(29)23-10-8-17-4-6-18(7-5-17)24-11-13-25(14-12-24)19(26)9-15-30-16-20(27)28/h4-7H,8-16H2,1-3H3,(H,23,29)(H,27,28). The van der Waals surface area contributed by atoms with Crippen LogP contribution in [0.1, 0.15) is 32.8 Å². The third-order valence-electron chi connectivity index (χ3n) is 4.70. The van der Waals surface area contributed by atoms with Gasteiger partial charge < -0.3 is 29.7 Å². The third kappa shape index (κ3) is 9.25. The van der Waals surface area contributed by atoms with Crippen LogP contribution in [-0.4, -0.2) is 79.5 Å². The summed E-state index contributed by atoms with van der Waals surface area (Å²) >= 11 is 0. The highest BCUT2D eigenvalue weighted by Crippen LogP contribution is 2.18. The van der Waals surface area contributed by atoms with Crippen LogP contribution >= 0.6 is 0 Å². The molecule has 172 valence electrons. The van der Waals surface area contributed by atoms with Crippen LogP contribution in [0.3, 0.4) is 0 Å². The van der Waals surface area contributed by atoms with E-state index in [1.54, 1.807) is 4.90 Å². The van der Waals surface area contributed by atoms with Crippen molar-refractivity contribution >= 4 is 23.7 Å². The predicted octanol–water partition coefficient (Wildman–Crippen LogP) is 1.89. The van der Waals surface area contributed by atoms with Gasteiger partial charge in [0.2, 0.25) is 5.91 Å². The number of anilines is 1. The van der Waals surface area contributed by atoms with Gasteiger partial charge in [-0.15, -0.1) is 0 Å². The number of alkyl carbamates (subject to hydrolysis) is 1. The molecule has 0 bridgehead atoms. The molecule has 0 aliphatic carbocycles. The minimum Gasteiger partial charge on any atom is -0.480 e. The van der Waals surface area contributed by atoms with Crippen LogP contribution in [0.4, 0.5) is 10.5 Å². The van der Waals surface area contributed by atoms with Crippen molar-refractivity contribution in [2.75, 3.05) is 50.8 Å². The van der Waals surface area contributed by atoms with Gasteiger partial charge in [0.15, 0.2) is 0 Å². The fourth-order valence-corrected chi connectivity index (χ4v) is 3.19. The Balaban J connectivity index is 1.70. The number of hydrogen-bond acceptors (Lipinski definition) is 6. The highest BCUT2D eigenvalue weighted by atomic mass is 16.6. The minimum atomic E-state index is -1.04. The summed E-state index contributed by atoms with van der Waals surface area (Å²) in [5.41, 5.74) is 1.71. The number of carboxylic acid groups (broad SMARTS) is 1. The van der Waals surface area contributed by atoms with E-state index < -0.39 is 17.7 Å². The first-order valence-corrected chi connectivity index (χ1v) is 10.5. The quantitative estimate of drug-likeness (QED) is 0.570. The molecule has 31 heavy (non-hydrogen) atoms. The van der Waals surface area contributed by atoms with Crippen molar-refractivity contribution in [3.05, 3.63) is 29.8 Å². The lowest BCUT2D eigenvalue weighted by molar-refractivity contribution is -0.143. The number of benzene rings is 1. The van der Waals surface area contributed by atoms with E-state index in [1.807, 2.05) is 32.9 Å². The molecule has 9 nitrogen and oxygen atoms in total. The van der Waals surface area contributed by atoms with Crippen LogP contribution in [0.2, 0.25) is 0 Å². The molecule has 2 N–H and O–H groups in total. The second kappa shape index (κ2) is 11.5. The van der Waals surface area contributed by atoms with Gasteiger partial charge in [0.05, 0.1) is 13.0 Å². The molecule has 0 aromatic heterocycles. The maximum absolute atomic E-state index is 12.2. The number of ether oxygens (including phenoxy) is 2. The second-order valence-electron chi connectivity index (χ2n) is 8.41. The Morgan fingerprint density at radius 1 is 1.06 bits per heavy atom. The van der Waals surface area contributed by atoms with Crippen LogP contribution in [0.15, 0.2) is 24.3 Å². The summed E-state index contributed by atoms with van der Waals surface area (Å²) in [5, 5.41) is 11.3. The molecule has 1 saturated heterocycles. The van der Waals surface area contributed by atoms with E-state index in [9.17, 15) is 14.4 Å². The molecule has 2 rings (SSSR count). The molecule has 0 radical (unpaired) electrons. The van der Waals surface area contributed by atoms with Gasteiger partial charge in [-0.3, -0.25) is 4.79 Å². The Hall–Kier alpha value is -2.81. The summed E-state index contributed by atoms with van der Waals surface area (Å²) < 4.78 is 10.2. The fourth-order valence-electron chi connectivity index (χ4n) is 3.19. The molecule has 0 spiro atoms. The first kappa shape index (κ1) is 24.5. The van der Waals surface area contributed by atoms with Gasteiger partial charge in [0.1, 0.15) is 12.2 Å². The normalized spacial score (nSPS) is 14.3. The van der Waals surface area contributed by atoms with Crippen LogP contribution in [0, 0.1) is 0 Å².